The first kappa shape index (κ1) is 18.0. The quantitative estimate of drug-likeness (QED) is 0.473. The second-order valence-corrected chi connectivity index (χ2v) is 4.64. The number of hydrogen-bond acceptors (Lipinski definition) is 3. The molecule has 0 saturated heterocycles. The Hall–Kier alpha value is -1.99. The molecular weight excluding hydrogens is 264 g/mol. The Morgan fingerprint density at radius 2 is 1.70 bits per heavy atom. The number of rotatable bonds is 8. The van der Waals surface area contributed by atoms with Gasteiger partial charge >= 0.3 is 18.0 Å². The number of carbonyl (C=O) groups is 3. The van der Waals surface area contributed by atoms with Crippen LogP contribution in [-0.2, 0) is 4.79 Å². The maximum Gasteiger partial charge on any atom is 0.316 e. The van der Waals surface area contributed by atoms with E-state index < -0.39 is 5.97 Å². The molecule has 4 amide bonds. The Labute approximate surface area is 118 Å². The molecule has 0 rings (SSSR count). The third kappa shape index (κ3) is 9.01. The molecular formula is C12H24N4O4. The van der Waals surface area contributed by atoms with Gasteiger partial charge < -0.3 is 26.0 Å². The van der Waals surface area contributed by atoms with Crippen molar-refractivity contribution < 1.29 is 19.5 Å². The molecule has 0 aliphatic heterocycles. The highest BCUT2D eigenvalue weighted by atomic mass is 16.4. The van der Waals surface area contributed by atoms with Crippen molar-refractivity contribution in [1.82, 2.24) is 20.9 Å². The molecule has 4 N–H and O–H groups in total. The molecule has 20 heavy (non-hydrogen) atoms. The summed E-state index contributed by atoms with van der Waals surface area (Å²) in [5.74, 6) is -0.947. The maximum absolute atomic E-state index is 11.4. The van der Waals surface area contributed by atoms with Gasteiger partial charge in [0.15, 0.2) is 0 Å². The Morgan fingerprint density at radius 3 is 2.20 bits per heavy atom. The van der Waals surface area contributed by atoms with Crippen LogP contribution in [0.2, 0.25) is 0 Å². The van der Waals surface area contributed by atoms with Gasteiger partial charge in [-0.1, -0.05) is 13.3 Å². The van der Waals surface area contributed by atoms with Gasteiger partial charge in [0.1, 0.15) is 0 Å². The Balaban J connectivity index is 3.73. The Kier molecular flexibility index (Phi) is 8.89. The lowest BCUT2D eigenvalue weighted by Crippen LogP contribution is -2.43. The summed E-state index contributed by atoms with van der Waals surface area (Å²) in [4.78, 5) is 34.6. The van der Waals surface area contributed by atoms with Gasteiger partial charge in [-0.15, -0.1) is 0 Å². The van der Waals surface area contributed by atoms with Crippen molar-refractivity contribution in [1.29, 1.82) is 0 Å². The van der Waals surface area contributed by atoms with E-state index in [1.807, 2.05) is 6.92 Å². The van der Waals surface area contributed by atoms with Crippen LogP contribution in [-0.4, -0.2) is 61.8 Å². The molecule has 116 valence electrons. The van der Waals surface area contributed by atoms with E-state index in [1.54, 1.807) is 14.1 Å². The molecule has 0 fully saturated rings. The summed E-state index contributed by atoms with van der Waals surface area (Å²) < 4.78 is 0. The molecule has 8 nitrogen and oxygen atoms in total. The predicted molar refractivity (Wildman–Crippen MR) is 74.5 cm³/mol. The fourth-order valence-electron chi connectivity index (χ4n) is 1.41. The Bertz CT molecular complexity index is 333. The van der Waals surface area contributed by atoms with E-state index in [0.29, 0.717) is 26.1 Å². The van der Waals surface area contributed by atoms with E-state index in [4.69, 9.17) is 5.11 Å². The standard InChI is InChI=1S/C12H24N4O4/c1-4-9(7-10(17)18)8-15-11(19)13-5-6-14-12(20)16(2)3/h9H,4-8H2,1-3H3,(H,14,20)(H,17,18)(H2,13,15,19). The number of carboxylic acids is 1. The molecule has 0 aliphatic rings. The largest absolute Gasteiger partial charge is 0.481 e. The van der Waals surface area contributed by atoms with E-state index in [-0.39, 0.29) is 24.4 Å². The van der Waals surface area contributed by atoms with Gasteiger partial charge in [-0.05, 0) is 5.92 Å². The van der Waals surface area contributed by atoms with E-state index in [2.05, 4.69) is 16.0 Å². The molecule has 0 aromatic carbocycles. The van der Waals surface area contributed by atoms with Crippen molar-refractivity contribution in [2.24, 2.45) is 5.92 Å². The third-order valence-electron chi connectivity index (χ3n) is 2.68. The predicted octanol–water partition coefficient (Wildman–Crippen LogP) is 0.0577. The topological polar surface area (TPSA) is 111 Å². The molecule has 0 aromatic rings. The number of nitrogens with zero attached hydrogens (tertiary/aromatic N) is 1. The van der Waals surface area contributed by atoms with Gasteiger partial charge in [-0.2, -0.15) is 0 Å². The minimum absolute atomic E-state index is 0.0374. The van der Waals surface area contributed by atoms with Crippen molar-refractivity contribution in [2.45, 2.75) is 19.8 Å². The second-order valence-electron chi connectivity index (χ2n) is 4.64. The van der Waals surface area contributed by atoms with E-state index >= 15 is 0 Å². The molecule has 0 spiro atoms. The molecule has 0 bridgehead atoms. The molecule has 0 heterocycles. The highest BCUT2D eigenvalue weighted by molar-refractivity contribution is 5.75. The average Bonchev–Trinajstić information content (AvgIpc) is 2.38. The number of nitrogens with one attached hydrogen (secondary N) is 3. The highest BCUT2D eigenvalue weighted by Crippen LogP contribution is 2.06. The average molecular weight is 288 g/mol. The molecule has 0 saturated carbocycles. The number of hydrogen-bond donors (Lipinski definition) is 4. The zero-order valence-corrected chi connectivity index (χ0v) is 12.2. The van der Waals surface area contributed by atoms with Crippen molar-refractivity contribution >= 4 is 18.0 Å². The summed E-state index contributed by atoms with van der Waals surface area (Å²) in [7, 11) is 3.26. The zero-order chi connectivity index (χ0) is 15.5. The fraction of sp³-hybridized carbons (Fsp3) is 0.750. The fourth-order valence-corrected chi connectivity index (χ4v) is 1.41. The first-order chi connectivity index (χ1) is 9.36. The summed E-state index contributed by atoms with van der Waals surface area (Å²) in [5.41, 5.74) is 0. The van der Waals surface area contributed by atoms with Crippen LogP contribution in [0.5, 0.6) is 0 Å². The van der Waals surface area contributed by atoms with Crippen LogP contribution in [0.4, 0.5) is 9.59 Å². The highest BCUT2D eigenvalue weighted by Gasteiger charge is 2.12. The van der Waals surface area contributed by atoms with E-state index in [9.17, 15) is 14.4 Å². The van der Waals surface area contributed by atoms with Crippen LogP contribution in [0.1, 0.15) is 19.8 Å². The SMILES string of the molecule is CCC(CNC(=O)NCCNC(=O)N(C)C)CC(=O)O. The van der Waals surface area contributed by atoms with Crippen LogP contribution in [0.25, 0.3) is 0 Å². The lowest BCUT2D eigenvalue weighted by molar-refractivity contribution is -0.138. The number of aliphatic carboxylic acids is 1. The summed E-state index contributed by atoms with van der Waals surface area (Å²) in [5, 5.41) is 16.5. The van der Waals surface area contributed by atoms with Crippen LogP contribution >= 0.6 is 0 Å². The van der Waals surface area contributed by atoms with E-state index in [0.717, 1.165) is 0 Å². The molecule has 1 unspecified atom stereocenters. The van der Waals surface area contributed by atoms with Crippen LogP contribution in [0, 0.1) is 5.92 Å². The summed E-state index contributed by atoms with van der Waals surface area (Å²) in [6.07, 6.45) is 0.723. The van der Waals surface area contributed by atoms with Gasteiger partial charge in [0.25, 0.3) is 0 Å². The van der Waals surface area contributed by atoms with Crippen LogP contribution in [0.3, 0.4) is 0 Å². The van der Waals surface area contributed by atoms with Crippen LogP contribution in [0.15, 0.2) is 0 Å². The van der Waals surface area contributed by atoms with Gasteiger partial charge in [0, 0.05) is 40.2 Å². The minimum Gasteiger partial charge on any atom is -0.481 e. The van der Waals surface area contributed by atoms with E-state index in [1.165, 1.54) is 4.90 Å². The van der Waals surface area contributed by atoms with Crippen molar-refractivity contribution in [3.8, 4) is 0 Å². The molecule has 0 aromatic heterocycles. The number of carbonyl (C=O) groups excluding carboxylic acids is 2. The summed E-state index contributed by atoms with van der Waals surface area (Å²) in [6, 6.07) is -0.590. The van der Waals surface area contributed by atoms with Crippen molar-refractivity contribution in [3.05, 3.63) is 0 Å². The van der Waals surface area contributed by atoms with Gasteiger partial charge in [0.2, 0.25) is 0 Å². The Morgan fingerprint density at radius 1 is 1.10 bits per heavy atom. The molecule has 1 atom stereocenters. The zero-order valence-electron chi connectivity index (χ0n) is 12.2. The minimum atomic E-state index is -0.870. The number of amides is 4. The van der Waals surface area contributed by atoms with Gasteiger partial charge in [0.05, 0.1) is 0 Å². The lowest BCUT2D eigenvalue weighted by atomic mass is 10.0. The third-order valence-corrected chi connectivity index (χ3v) is 2.68. The summed E-state index contributed by atoms with van der Waals surface area (Å²) in [6.45, 7) is 2.83. The molecule has 8 heteroatoms. The monoisotopic (exact) mass is 288 g/mol. The lowest BCUT2D eigenvalue weighted by Gasteiger charge is -2.15. The van der Waals surface area contributed by atoms with Crippen molar-refractivity contribution in [2.75, 3.05) is 33.7 Å². The van der Waals surface area contributed by atoms with Crippen LogP contribution < -0.4 is 16.0 Å². The number of carboxylic acid groups (broad SMARTS) is 1. The molecule has 0 aliphatic carbocycles. The molecule has 0 radical (unpaired) electrons. The summed E-state index contributed by atoms with van der Waals surface area (Å²) >= 11 is 0. The smallest absolute Gasteiger partial charge is 0.316 e. The van der Waals surface area contributed by atoms with Crippen molar-refractivity contribution in [3.63, 3.8) is 0 Å². The normalized spacial score (nSPS) is 11.3. The number of urea groups is 2. The van der Waals surface area contributed by atoms with Gasteiger partial charge in [-0.3, -0.25) is 4.79 Å². The maximum atomic E-state index is 11.4. The first-order valence-electron chi connectivity index (χ1n) is 6.55. The first-order valence-corrected chi connectivity index (χ1v) is 6.55. The second kappa shape index (κ2) is 9.88. The van der Waals surface area contributed by atoms with Gasteiger partial charge in [-0.25, -0.2) is 9.59 Å².